The molecule has 0 unspecified atom stereocenters. The number of carbonyl (C=O) groups excluding carboxylic acids is 1. The lowest BCUT2D eigenvalue weighted by Gasteiger charge is -2.11. The second kappa shape index (κ2) is 10.8. The molecule has 2 heterocycles. The van der Waals surface area contributed by atoms with Crippen LogP contribution in [0.15, 0.2) is 79.6 Å². The van der Waals surface area contributed by atoms with E-state index in [4.69, 9.17) is 4.74 Å². The molecule has 0 saturated carbocycles. The van der Waals surface area contributed by atoms with Crippen LogP contribution in [-0.4, -0.2) is 38.9 Å². The summed E-state index contributed by atoms with van der Waals surface area (Å²) in [6.45, 7) is 1.40. The van der Waals surface area contributed by atoms with Gasteiger partial charge in [-0.2, -0.15) is 5.10 Å². The lowest BCUT2D eigenvalue weighted by Crippen LogP contribution is -2.25. The van der Waals surface area contributed by atoms with E-state index >= 15 is 0 Å². The Labute approximate surface area is 193 Å². The summed E-state index contributed by atoms with van der Waals surface area (Å²) >= 11 is 0. The first-order chi connectivity index (χ1) is 16.2. The third kappa shape index (κ3) is 5.89. The van der Waals surface area contributed by atoms with Gasteiger partial charge in [-0.3, -0.25) is 4.79 Å². The minimum atomic E-state index is -0.102. The molecule has 166 valence electrons. The number of imidazole rings is 1. The number of hydrogen-bond acceptors (Lipinski definition) is 4. The van der Waals surface area contributed by atoms with Gasteiger partial charge in [0.2, 0.25) is 0 Å². The second-order valence-electron chi connectivity index (χ2n) is 7.41. The molecule has 0 aliphatic heterocycles. The van der Waals surface area contributed by atoms with E-state index in [-0.39, 0.29) is 5.91 Å². The zero-order chi connectivity index (χ0) is 22.9. The molecule has 0 fully saturated rings. The van der Waals surface area contributed by atoms with Crippen molar-refractivity contribution in [3.05, 3.63) is 96.3 Å². The number of hydrogen-bond donors (Lipinski definition) is 1. The van der Waals surface area contributed by atoms with Crippen LogP contribution in [0.4, 0.5) is 0 Å². The number of amides is 1. The van der Waals surface area contributed by atoms with Crippen LogP contribution in [0.2, 0.25) is 0 Å². The van der Waals surface area contributed by atoms with E-state index in [9.17, 15) is 4.79 Å². The van der Waals surface area contributed by atoms with Crippen LogP contribution < -0.4 is 10.1 Å². The van der Waals surface area contributed by atoms with Gasteiger partial charge >= 0.3 is 0 Å². The normalized spacial score (nSPS) is 10.3. The number of rotatable bonds is 8. The third-order valence-corrected chi connectivity index (χ3v) is 5.11. The molecule has 1 N–H and O–H groups in total. The van der Waals surface area contributed by atoms with Crippen LogP contribution in [0, 0.1) is 11.8 Å². The van der Waals surface area contributed by atoms with Crippen molar-refractivity contribution < 1.29 is 9.53 Å². The number of methoxy groups -OCH3 is 1. The molecular weight excluding hydrogens is 414 g/mol. The van der Waals surface area contributed by atoms with Gasteiger partial charge in [-0.15, -0.1) is 0 Å². The van der Waals surface area contributed by atoms with Crippen LogP contribution >= 0.6 is 0 Å². The van der Waals surface area contributed by atoms with Crippen molar-refractivity contribution in [1.82, 2.24) is 24.6 Å². The van der Waals surface area contributed by atoms with Crippen LogP contribution in [0.5, 0.6) is 5.75 Å². The standard InChI is InChI=1S/C26H25N5O2/c1-33-24-9-3-7-21(18-24)6-2-8-22-19-23(10-11-25(22)31-16-5-13-29-31)26(32)28-12-4-15-30-17-14-27-20-30/h3,5,7,9-11,13-14,16-20H,4,8,12,15H2,1H3,(H,28,32). The van der Waals surface area contributed by atoms with Gasteiger partial charge in [-0.1, -0.05) is 17.9 Å². The fraction of sp³-hybridized carbons (Fsp3) is 0.192. The molecule has 2 aromatic heterocycles. The Hall–Kier alpha value is -4.31. The Morgan fingerprint density at radius 3 is 2.85 bits per heavy atom. The average Bonchev–Trinajstić information content (AvgIpc) is 3.56. The first-order valence-corrected chi connectivity index (χ1v) is 10.7. The van der Waals surface area contributed by atoms with E-state index in [1.54, 1.807) is 30.5 Å². The van der Waals surface area contributed by atoms with Crippen LogP contribution in [0.3, 0.4) is 0 Å². The average molecular weight is 440 g/mol. The molecule has 4 rings (SSSR count). The Bertz CT molecular complexity index is 1250. The zero-order valence-electron chi connectivity index (χ0n) is 18.4. The van der Waals surface area contributed by atoms with Gasteiger partial charge in [0.15, 0.2) is 0 Å². The van der Waals surface area contributed by atoms with Gasteiger partial charge in [0.1, 0.15) is 5.75 Å². The minimum absolute atomic E-state index is 0.102. The van der Waals surface area contributed by atoms with E-state index in [1.165, 1.54) is 0 Å². The van der Waals surface area contributed by atoms with E-state index in [0.29, 0.717) is 18.5 Å². The smallest absolute Gasteiger partial charge is 0.251 e. The highest BCUT2D eigenvalue weighted by Gasteiger charge is 2.11. The lowest BCUT2D eigenvalue weighted by atomic mass is 10.0. The van der Waals surface area contributed by atoms with Crippen LogP contribution in [0.1, 0.15) is 27.9 Å². The van der Waals surface area contributed by atoms with Gasteiger partial charge in [0, 0.05) is 55.4 Å². The predicted molar refractivity (Wildman–Crippen MR) is 126 cm³/mol. The summed E-state index contributed by atoms with van der Waals surface area (Å²) < 4.78 is 9.04. The van der Waals surface area contributed by atoms with Crippen LogP contribution in [-0.2, 0) is 13.0 Å². The zero-order valence-corrected chi connectivity index (χ0v) is 18.4. The van der Waals surface area contributed by atoms with Gasteiger partial charge < -0.3 is 14.6 Å². The quantitative estimate of drug-likeness (QED) is 0.337. The van der Waals surface area contributed by atoms with Crippen molar-refractivity contribution in [2.75, 3.05) is 13.7 Å². The monoisotopic (exact) mass is 439 g/mol. The fourth-order valence-corrected chi connectivity index (χ4v) is 3.43. The lowest BCUT2D eigenvalue weighted by molar-refractivity contribution is 0.0952. The highest BCUT2D eigenvalue weighted by molar-refractivity contribution is 5.94. The van der Waals surface area contributed by atoms with Gasteiger partial charge in [-0.25, -0.2) is 9.67 Å². The molecule has 0 radical (unpaired) electrons. The third-order valence-electron chi connectivity index (χ3n) is 5.11. The van der Waals surface area contributed by atoms with Crippen LogP contribution in [0.25, 0.3) is 5.69 Å². The van der Waals surface area contributed by atoms with Crippen molar-refractivity contribution in [1.29, 1.82) is 0 Å². The Kier molecular flexibility index (Phi) is 7.18. The maximum absolute atomic E-state index is 12.7. The van der Waals surface area contributed by atoms with Crippen molar-refractivity contribution in [3.8, 4) is 23.3 Å². The van der Waals surface area contributed by atoms with Crippen molar-refractivity contribution >= 4 is 5.91 Å². The molecule has 0 atom stereocenters. The molecular formula is C26H25N5O2. The predicted octanol–water partition coefficient (Wildman–Crippen LogP) is 3.49. The van der Waals surface area contributed by atoms with Gasteiger partial charge in [0.05, 0.1) is 19.1 Å². The number of ether oxygens (including phenoxy) is 1. The minimum Gasteiger partial charge on any atom is -0.497 e. The summed E-state index contributed by atoms with van der Waals surface area (Å²) in [7, 11) is 1.64. The van der Waals surface area contributed by atoms with Gasteiger partial charge in [0.25, 0.3) is 5.91 Å². The molecule has 33 heavy (non-hydrogen) atoms. The maximum atomic E-state index is 12.7. The largest absolute Gasteiger partial charge is 0.497 e. The second-order valence-corrected chi connectivity index (χ2v) is 7.41. The molecule has 0 saturated heterocycles. The summed E-state index contributed by atoms with van der Waals surface area (Å²) in [5, 5.41) is 7.33. The fourth-order valence-electron chi connectivity index (χ4n) is 3.43. The topological polar surface area (TPSA) is 74.0 Å². The summed E-state index contributed by atoms with van der Waals surface area (Å²) in [5.74, 6) is 7.06. The summed E-state index contributed by atoms with van der Waals surface area (Å²) in [6, 6.07) is 15.1. The SMILES string of the molecule is COc1cccc(C#CCc2cc(C(=O)NCCCn3ccnc3)ccc2-n2cccn2)c1. The molecule has 2 aromatic carbocycles. The molecule has 7 heteroatoms. The van der Waals surface area contributed by atoms with E-state index in [2.05, 4.69) is 27.2 Å². The number of carbonyl (C=O) groups is 1. The van der Waals surface area contributed by atoms with Gasteiger partial charge in [-0.05, 0) is 54.4 Å². The summed E-state index contributed by atoms with van der Waals surface area (Å²) in [6.07, 6.45) is 10.3. The Balaban J connectivity index is 1.47. The first-order valence-electron chi connectivity index (χ1n) is 10.7. The Morgan fingerprint density at radius 1 is 1.12 bits per heavy atom. The first kappa shape index (κ1) is 21.9. The van der Waals surface area contributed by atoms with E-state index in [0.717, 1.165) is 35.5 Å². The van der Waals surface area contributed by atoms with E-state index in [1.807, 2.05) is 65.5 Å². The molecule has 0 bridgehead atoms. The maximum Gasteiger partial charge on any atom is 0.251 e. The molecule has 7 nitrogen and oxygen atoms in total. The van der Waals surface area contributed by atoms with Crippen molar-refractivity contribution in [2.24, 2.45) is 0 Å². The highest BCUT2D eigenvalue weighted by atomic mass is 16.5. The number of aromatic nitrogens is 4. The van der Waals surface area contributed by atoms with Crippen molar-refractivity contribution in [2.45, 2.75) is 19.4 Å². The summed E-state index contributed by atoms with van der Waals surface area (Å²) in [4.78, 5) is 16.7. The van der Waals surface area contributed by atoms with Crippen molar-refractivity contribution in [3.63, 3.8) is 0 Å². The Morgan fingerprint density at radius 2 is 2.06 bits per heavy atom. The number of nitrogens with zero attached hydrogens (tertiary/aromatic N) is 4. The molecule has 0 spiro atoms. The molecule has 0 aliphatic carbocycles. The molecule has 0 aliphatic rings. The highest BCUT2D eigenvalue weighted by Crippen LogP contribution is 2.17. The number of benzene rings is 2. The molecule has 4 aromatic rings. The number of nitrogens with one attached hydrogen (secondary N) is 1. The summed E-state index contributed by atoms with van der Waals surface area (Å²) in [5.41, 5.74) is 3.31. The van der Waals surface area contributed by atoms with E-state index < -0.39 is 0 Å². The molecule has 1 amide bonds. The number of aryl methyl sites for hydroxylation is 1.